The molecule has 0 spiro atoms. The van der Waals surface area contributed by atoms with E-state index >= 15 is 0 Å². The van der Waals surface area contributed by atoms with Crippen LogP contribution in [-0.2, 0) is 0 Å². The zero-order valence-electron chi connectivity index (χ0n) is 4.26. The van der Waals surface area contributed by atoms with Crippen molar-refractivity contribution in [3.63, 3.8) is 0 Å². The summed E-state index contributed by atoms with van der Waals surface area (Å²) in [7, 11) is 0. The minimum atomic E-state index is -0.588. The van der Waals surface area contributed by atoms with Gasteiger partial charge in [-0.3, -0.25) is 10.1 Å². The Balaban J connectivity index is 3.68. The quantitative estimate of drug-likeness (QED) is 0.213. The van der Waals surface area contributed by atoms with Crippen LogP contribution >= 0.6 is 0 Å². The molecule has 40 valence electrons. The minimum absolute atomic E-state index is 0.588. The largest absolute Gasteiger partial charge is 0.297 e. The van der Waals surface area contributed by atoms with Crippen LogP contribution in [0, 0.1) is 16.3 Å². The van der Waals surface area contributed by atoms with Gasteiger partial charge in [-0.2, -0.15) is 5.57 Å². The van der Waals surface area contributed by atoms with Crippen molar-refractivity contribution >= 4 is 0 Å². The van der Waals surface area contributed by atoms with E-state index in [1.807, 2.05) is 6.20 Å². The van der Waals surface area contributed by atoms with Crippen molar-refractivity contribution in [1.29, 1.82) is 0 Å². The van der Waals surface area contributed by atoms with Gasteiger partial charge in [-0.1, -0.05) is 20.0 Å². The molecule has 3 nitrogen and oxygen atoms in total. The van der Waals surface area contributed by atoms with Gasteiger partial charge in [0.05, 0.1) is 0 Å². The van der Waals surface area contributed by atoms with Crippen molar-refractivity contribution in [2.24, 2.45) is 0 Å². The molecule has 0 aromatic heterocycles. The lowest BCUT2D eigenvalue weighted by molar-refractivity contribution is -0.420. The van der Waals surface area contributed by atoms with Crippen LogP contribution in [0.1, 0.15) is 13.8 Å². The zero-order valence-corrected chi connectivity index (χ0v) is 4.26. The highest BCUT2D eigenvalue weighted by Crippen LogP contribution is 1.84. The smallest absolute Gasteiger partial charge is 0.0715 e. The van der Waals surface area contributed by atoms with E-state index in [1.54, 1.807) is 13.8 Å². The Morgan fingerprint density at radius 1 is 1.71 bits per heavy atom. The summed E-state index contributed by atoms with van der Waals surface area (Å²) in [6.07, 6.45) is 1.94. The fourth-order valence-electron chi connectivity index (χ4n) is 0.183. The molecule has 0 aromatic carbocycles. The van der Waals surface area contributed by atoms with Crippen molar-refractivity contribution in [1.82, 2.24) is 0 Å². The van der Waals surface area contributed by atoms with E-state index in [1.165, 1.54) is 0 Å². The molecule has 0 amide bonds. The molecule has 0 bridgehead atoms. The van der Waals surface area contributed by atoms with E-state index in [0.717, 1.165) is 0 Å². The van der Waals surface area contributed by atoms with Gasteiger partial charge in [0, 0.05) is 0 Å². The first kappa shape index (κ1) is 6.14. The lowest BCUT2D eigenvalue weighted by atomic mass is 10.4. The molecule has 3 heteroatoms. The normalized spacial score (nSPS) is 7.71. The van der Waals surface area contributed by atoms with Gasteiger partial charge in [-0.25, -0.2) is 0 Å². The van der Waals surface area contributed by atoms with Crippen molar-refractivity contribution in [3.05, 3.63) is 21.9 Å². The third-order valence-corrected chi connectivity index (χ3v) is 0.315. The number of rotatable bonds is 1. The van der Waals surface area contributed by atoms with Crippen LogP contribution in [0.2, 0.25) is 0 Å². The monoisotopic (exact) mass is 100 g/mol. The standard InChI is InChI=1S/C4H6NO2/c1-4(2)3-5(6)7/h1-2H3/q-1. The first-order valence-corrected chi connectivity index (χ1v) is 1.84. The highest BCUT2D eigenvalue weighted by atomic mass is 16.6. The van der Waals surface area contributed by atoms with Crippen LogP contribution in [0.5, 0.6) is 0 Å². The Labute approximate surface area is 41.8 Å². The van der Waals surface area contributed by atoms with E-state index in [-0.39, 0.29) is 0 Å². The van der Waals surface area contributed by atoms with Crippen LogP contribution in [0.15, 0.2) is 5.57 Å². The molecule has 0 aromatic rings. The second kappa shape index (κ2) is 2.34. The predicted molar refractivity (Wildman–Crippen MR) is 25.1 cm³/mol. The van der Waals surface area contributed by atoms with E-state index in [0.29, 0.717) is 5.57 Å². The van der Waals surface area contributed by atoms with Crippen molar-refractivity contribution in [2.45, 2.75) is 13.8 Å². The number of nitro groups is 1. The Kier molecular flexibility index (Phi) is 2.05. The molecule has 0 saturated heterocycles. The Morgan fingerprint density at radius 3 is 2.14 bits per heavy atom. The molecule has 7 heavy (non-hydrogen) atoms. The maximum Gasteiger partial charge on any atom is -0.0715 e. The van der Waals surface area contributed by atoms with Crippen LogP contribution < -0.4 is 0 Å². The molecule has 0 atom stereocenters. The lowest BCUT2D eigenvalue weighted by Crippen LogP contribution is -1.84. The van der Waals surface area contributed by atoms with Gasteiger partial charge in [-0.05, 0) is 0 Å². The number of allylic oxidation sites excluding steroid dienone is 1. The minimum Gasteiger partial charge on any atom is -0.297 e. The zero-order chi connectivity index (χ0) is 5.86. The van der Waals surface area contributed by atoms with Gasteiger partial charge >= 0.3 is 0 Å². The highest BCUT2D eigenvalue weighted by Gasteiger charge is 1.65. The maximum atomic E-state index is 9.48. The van der Waals surface area contributed by atoms with Gasteiger partial charge in [-0.15, -0.1) is 4.92 Å². The first-order valence-electron chi connectivity index (χ1n) is 1.84. The summed E-state index contributed by atoms with van der Waals surface area (Å²) in [5, 5.41) is 9.48. The van der Waals surface area contributed by atoms with E-state index in [9.17, 15) is 10.1 Å². The molecule has 0 heterocycles. The van der Waals surface area contributed by atoms with Crippen LogP contribution in [0.3, 0.4) is 0 Å². The summed E-state index contributed by atoms with van der Waals surface area (Å²) >= 11 is 0. The summed E-state index contributed by atoms with van der Waals surface area (Å²) in [6.45, 7) is 3.26. The fraction of sp³-hybridized carbons (Fsp3) is 0.500. The molecule has 0 aliphatic heterocycles. The second-order valence-electron chi connectivity index (χ2n) is 1.37. The Bertz CT molecular complexity index is 102. The van der Waals surface area contributed by atoms with Gasteiger partial charge < -0.3 is 0 Å². The molecular formula is C4H6NO2-. The van der Waals surface area contributed by atoms with E-state index in [2.05, 4.69) is 0 Å². The average Bonchev–Trinajstić information content (AvgIpc) is 1.27. The summed E-state index contributed by atoms with van der Waals surface area (Å²) < 4.78 is 0. The molecule has 0 radical (unpaired) electrons. The molecule has 0 aliphatic carbocycles. The van der Waals surface area contributed by atoms with Gasteiger partial charge in [0.15, 0.2) is 0 Å². The first-order chi connectivity index (χ1) is 3.13. The van der Waals surface area contributed by atoms with E-state index < -0.39 is 4.92 Å². The molecule has 0 rings (SSSR count). The predicted octanol–water partition coefficient (Wildman–Crippen LogP) is 0.990. The topological polar surface area (TPSA) is 43.1 Å². The van der Waals surface area contributed by atoms with E-state index in [4.69, 9.17) is 0 Å². The fourth-order valence-corrected chi connectivity index (χ4v) is 0.183. The highest BCUT2D eigenvalue weighted by molar-refractivity contribution is 4.79. The van der Waals surface area contributed by atoms with Crippen molar-refractivity contribution in [3.8, 4) is 0 Å². The van der Waals surface area contributed by atoms with Gasteiger partial charge in [0.1, 0.15) is 0 Å². The molecule has 0 aliphatic rings. The molecular weight excluding hydrogens is 94.0 g/mol. The summed E-state index contributed by atoms with van der Waals surface area (Å²) in [5.74, 6) is 0. The molecule has 0 N–H and O–H groups in total. The third kappa shape index (κ3) is 5.14. The van der Waals surface area contributed by atoms with Crippen LogP contribution in [0.4, 0.5) is 0 Å². The molecule has 0 saturated carbocycles. The molecule has 0 unspecified atom stereocenters. The Morgan fingerprint density at radius 2 is 2.14 bits per heavy atom. The number of hydrogen-bond acceptors (Lipinski definition) is 2. The summed E-state index contributed by atoms with van der Waals surface area (Å²) in [4.78, 5) is 8.90. The summed E-state index contributed by atoms with van der Waals surface area (Å²) in [6, 6.07) is 0. The number of nitrogens with zero attached hydrogens (tertiary/aromatic N) is 1. The van der Waals surface area contributed by atoms with Crippen LogP contribution in [0.25, 0.3) is 0 Å². The van der Waals surface area contributed by atoms with Gasteiger partial charge in [0.2, 0.25) is 0 Å². The van der Waals surface area contributed by atoms with Crippen molar-refractivity contribution < 1.29 is 4.92 Å². The summed E-state index contributed by atoms with van der Waals surface area (Å²) in [5.41, 5.74) is 0.588. The number of hydrogen-bond donors (Lipinski definition) is 0. The Hall–Kier alpha value is -0.860. The van der Waals surface area contributed by atoms with Gasteiger partial charge in [0.25, 0.3) is 0 Å². The van der Waals surface area contributed by atoms with Crippen LogP contribution in [-0.4, -0.2) is 4.92 Å². The SMILES string of the molecule is CC(C)=[C-][N+](=O)[O-]. The van der Waals surface area contributed by atoms with Crippen molar-refractivity contribution in [2.75, 3.05) is 0 Å². The second-order valence-corrected chi connectivity index (χ2v) is 1.37. The average molecular weight is 100 g/mol. The third-order valence-electron chi connectivity index (χ3n) is 0.315. The molecule has 0 fully saturated rings. The maximum absolute atomic E-state index is 9.48. The lowest BCUT2D eigenvalue weighted by Gasteiger charge is -1.94.